The summed E-state index contributed by atoms with van der Waals surface area (Å²) in [7, 11) is 0. The molecule has 0 amide bonds. The summed E-state index contributed by atoms with van der Waals surface area (Å²) in [6.07, 6.45) is 22.4. The van der Waals surface area contributed by atoms with Gasteiger partial charge in [-0.05, 0) is 216 Å². The molecule has 3 saturated heterocycles. The van der Waals surface area contributed by atoms with Gasteiger partial charge in [-0.15, -0.1) is 11.6 Å². The number of nitriles is 1. The van der Waals surface area contributed by atoms with E-state index in [2.05, 4.69) is 87.7 Å². The molecule has 0 saturated carbocycles. The normalized spacial score (nSPS) is 15.1. The number of imidazole rings is 3. The summed E-state index contributed by atoms with van der Waals surface area (Å²) in [5.41, 5.74) is 12.3. The monoisotopic (exact) mass is 1550 g/mol. The molecule has 12 aromatic rings. The van der Waals surface area contributed by atoms with Crippen molar-refractivity contribution in [2.24, 2.45) is 0 Å². The fourth-order valence-electron chi connectivity index (χ4n) is 11.1. The van der Waals surface area contributed by atoms with Crippen molar-refractivity contribution in [1.82, 2.24) is 38.5 Å². The van der Waals surface area contributed by atoms with Gasteiger partial charge < -0.3 is 34.4 Å². The molecule has 26 heteroatoms. The number of nitrogens with one attached hydrogen (secondary N) is 1. The average Bonchev–Trinajstić information content (AvgIpc) is 1.60. The number of benzene rings is 5. The van der Waals surface area contributed by atoms with E-state index in [1.54, 1.807) is 43.0 Å². The second-order valence-corrected chi connectivity index (χ2v) is 25.0. The van der Waals surface area contributed by atoms with Crippen molar-refractivity contribution in [3.63, 3.8) is 0 Å². The lowest BCUT2D eigenvalue weighted by molar-refractivity contribution is -0.105. The Bertz CT molecular complexity index is 4750. The van der Waals surface area contributed by atoms with Gasteiger partial charge >= 0.3 is 0 Å². The molecular formula is C72H59Br3ClF8N13O. The summed E-state index contributed by atoms with van der Waals surface area (Å²) in [4.78, 5) is 32.8. The Hall–Kier alpha value is -9.50. The van der Waals surface area contributed by atoms with E-state index in [1.165, 1.54) is 60.7 Å². The van der Waals surface area contributed by atoms with Crippen LogP contribution in [0.25, 0.3) is 33.0 Å². The van der Waals surface area contributed by atoms with Crippen LogP contribution in [0, 0.1) is 64.4 Å². The van der Waals surface area contributed by atoms with E-state index in [9.17, 15) is 35.1 Å². The molecule has 0 bridgehead atoms. The number of rotatable bonds is 7. The van der Waals surface area contributed by atoms with Crippen molar-refractivity contribution in [2.75, 3.05) is 41.0 Å². The Labute approximate surface area is 589 Å². The van der Waals surface area contributed by atoms with Gasteiger partial charge in [0.25, 0.3) is 0 Å². The van der Waals surface area contributed by atoms with Crippen LogP contribution in [0.2, 0.25) is 0 Å². The second-order valence-electron chi connectivity index (χ2n) is 22.0. The van der Waals surface area contributed by atoms with Gasteiger partial charge in [0.1, 0.15) is 81.7 Å². The van der Waals surface area contributed by atoms with Crippen molar-refractivity contribution in [2.45, 2.75) is 56.7 Å². The van der Waals surface area contributed by atoms with Crippen molar-refractivity contribution < 1.29 is 39.9 Å². The summed E-state index contributed by atoms with van der Waals surface area (Å²) in [6.45, 7) is 8.98. The van der Waals surface area contributed by atoms with E-state index < -0.39 is 29.1 Å². The molecule has 5 aromatic carbocycles. The number of hydrogen-bond acceptors (Lipinski definition) is 10. The van der Waals surface area contributed by atoms with E-state index in [4.69, 9.17) is 34.0 Å². The molecule has 0 radical (unpaired) electrons. The molecule has 0 spiro atoms. The minimum absolute atomic E-state index is 0.00398. The van der Waals surface area contributed by atoms with Gasteiger partial charge in [-0.3, -0.25) is 4.40 Å². The summed E-state index contributed by atoms with van der Waals surface area (Å²) in [5.74, 6) is -2.69. The molecule has 3 aliphatic heterocycles. The number of aromatic nitrogens is 7. The van der Waals surface area contributed by atoms with Crippen LogP contribution in [-0.2, 0) is 4.79 Å². The van der Waals surface area contributed by atoms with Crippen LogP contribution < -0.4 is 20.9 Å². The lowest BCUT2D eigenvalue weighted by Crippen LogP contribution is -2.23. The fraction of sp³-hybridized carbons (Fsp3) is 0.181. The maximum atomic E-state index is 14.4. The van der Waals surface area contributed by atoms with Crippen LogP contribution in [0.3, 0.4) is 0 Å². The molecule has 14 nitrogen and oxygen atoms in total. The Balaban J connectivity index is 0.000000146. The van der Waals surface area contributed by atoms with Crippen LogP contribution in [0.4, 0.5) is 58.0 Å². The lowest BCUT2D eigenvalue weighted by atomic mass is 10.0. The summed E-state index contributed by atoms with van der Waals surface area (Å²) in [5, 5.41) is 12.3. The molecule has 3 unspecified atom stereocenters. The molecule has 3 fully saturated rings. The molecule has 15 rings (SSSR count). The molecule has 3 N–H and O–H groups in total. The minimum atomic E-state index is -0.571. The van der Waals surface area contributed by atoms with E-state index in [0.717, 1.165) is 106 Å². The number of aldehydes is 1. The van der Waals surface area contributed by atoms with Crippen molar-refractivity contribution in [3.05, 3.63) is 289 Å². The quantitative estimate of drug-likeness (QED) is 0.0682. The largest absolute Gasteiger partial charge is 0.384 e. The number of carbonyl (C=O) groups is 1. The number of nitrogens with two attached hydrogens (primary N) is 1. The number of halogens is 12. The number of anilines is 3. The highest BCUT2D eigenvalue weighted by molar-refractivity contribution is 9.11. The van der Waals surface area contributed by atoms with Crippen LogP contribution in [0.15, 0.2) is 209 Å². The van der Waals surface area contributed by atoms with Gasteiger partial charge in [0.05, 0.1) is 53.4 Å². The van der Waals surface area contributed by atoms with E-state index in [0.29, 0.717) is 52.2 Å². The summed E-state index contributed by atoms with van der Waals surface area (Å²) >= 11 is 14.5. The highest BCUT2D eigenvalue weighted by Crippen LogP contribution is 2.40. The zero-order valence-electron chi connectivity index (χ0n) is 51.8. The zero-order valence-corrected chi connectivity index (χ0v) is 57.3. The average molecular weight is 1550 g/mol. The van der Waals surface area contributed by atoms with Crippen LogP contribution in [0.5, 0.6) is 0 Å². The van der Waals surface area contributed by atoms with Crippen molar-refractivity contribution in [3.8, 4) is 17.3 Å². The number of alkyl halides is 1. The second kappa shape index (κ2) is 35.1. The number of pyridine rings is 4. The predicted octanol–water partition coefficient (Wildman–Crippen LogP) is 19.1. The first-order valence-corrected chi connectivity index (χ1v) is 33.2. The number of fused-ring (bicyclic) bond motifs is 3. The molecule has 3 atom stereocenters. The highest BCUT2D eigenvalue weighted by atomic mass is 79.9. The first kappa shape index (κ1) is 72.8. The van der Waals surface area contributed by atoms with Crippen molar-refractivity contribution >= 4 is 105 Å². The lowest BCUT2D eigenvalue weighted by Gasteiger charge is -2.27. The first-order valence-electron chi connectivity index (χ1n) is 30.3. The Morgan fingerprint density at radius 3 is 1.65 bits per heavy atom. The molecule has 0 aliphatic carbocycles. The molecule has 98 heavy (non-hydrogen) atoms. The SMILES string of the molecule is Brc1ccc2nccn2c1.Fc1ccc(F)c(C2CCCN2)c1.Fc1ccc(F)c(C2CCCN2c2ccc3nccn3c2)c1.N#Cc1cc(-c2cnc3ccc(N4CCCC4c4cc(F)ccc4F)cn23)ccc1F.Nc1ccc(Br)cn1.O=CCCl.[C-]#[N+]c1cc(Br)ccc1F. The Kier molecular flexibility index (Phi) is 26.1. The Morgan fingerprint density at radius 2 is 1.11 bits per heavy atom. The van der Waals surface area contributed by atoms with E-state index in [1.807, 2.05) is 92.7 Å². The summed E-state index contributed by atoms with van der Waals surface area (Å²) < 4.78 is 117. The smallest absolute Gasteiger partial charge is 0.223 e. The van der Waals surface area contributed by atoms with Crippen molar-refractivity contribution in [1.29, 1.82) is 5.26 Å². The maximum Gasteiger partial charge on any atom is 0.223 e. The summed E-state index contributed by atoms with van der Waals surface area (Å²) in [6, 6.07) is 36.1. The fourth-order valence-corrected chi connectivity index (χ4v) is 12.1. The van der Waals surface area contributed by atoms with Crippen LogP contribution in [-0.4, -0.2) is 64.9 Å². The zero-order chi connectivity index (χ0) is 69.8. The van der Waals surface area contributed by atoms with E-state index in [-0.39, 0.29) is 52.7 Å². The van der Waals surface area contributed by atoms with E-state index >= 15 is 0 Å². The third kappa shape index (κ3) is 19.2. The molecule has 7 aromatic heterocycles. The number of nitrogen functional groups attached to an aromatic ring is 1. The molecule has 502 valence electrons. The van der Waals surface area contributed by atoms with Gasteiger partial charge in [0.15, 0.2) is 0 Å². The first-order chi connectivity index (χ1) is 47.3. The highest BCUT2D eigenvalue weighted by Gasteiger charge is 2.31. The number of nitrogens with zero attached hydrogens (tertiary/aromatic N) is 11. The Morgan fingerprint density at radius 1 is 0.582 bits per heavy atom. The van der Waals surface area contributed by atoms with Gasteiger partial charge in [-0.2, -0.15) is 5.26 Å². The predicted molar refractivity (Wildman–Crippen MR) is 375 cm³/mol. The maximum absolute atomic E-state index is 14.4. The third-order valence-electron chi connectivity index (χ3n) is 15.6. The topological polar surface area (TPSA) is 155 Å². The van der Waals surface area contributed by atoms with Crippen LogP contribution in [0.1, 0.15) is 78.9 Å². The number of carbonyl (C=O) groups excluding carboxylic acids is 1. The number of hydrogen-bond donors (Lipinski definition) is 2. The molecule has 3 aliphatic rings. The van der Waals surface area contributed by atoms with Gasteiger partial charge in [-0.25, -0.2) is 59.9 Å². The standard InChI is InChI=1S/C24H17F3N4.C17H15F2N3.C10H11F2N.C7H3BrFN.C7H5BrN2.C5H5BrN2.C2H3ClO/c25-17-4-7-21(27)19(11-17)22-2-1-9-30(22)18-5-8-24-29-13-23(31(24)14-18)15-3-6-20(26)16(10-15)12-28;18-12-3-5-15(19)14(10-12)16-2-1-8-22(16)13-4-6-17-20-7-9-21(17)11-13;11-7-3-4-9(12)8(6-7)10-2-1-5-13-10;1-10-7-4-5(8)2-3-6(7)9;8-6-1-2-7-9-3-4-10(7)5-6;6-4-1-2-5(7)8-3-4;3-1-2-4/h3-8,10-11,13-14,22H,1-2,9H2;3-7,9-11,16H,1-2,8H2;3-4,6,10,13H,1-2,5H2;2-4H;1-5H;1-3H,(H2,7,8);2H,1H2. The minimum Gasteiger partial charge on any atom is -0.384 e. The van der Waals surface area contributed by atoms with Gasteiger partial charge in [0, 0.05) is 104 Å². The molecular weight excluding hydrogens is 1490 g/mol. The van der Waals surface area contributed by atoms with Gasteiger partial charge in [-0.1, -0.05) is 15.9 Å². The molecule has 10 heterocycles. The van der Waals surface area contributed by atoms with Gasteiger partial charge in [0.2, 0.25) is 5.69 Å². The third-order valence-corrected chi connectivity index (χ3v) is 17.2. The van der Waals surface area contributed by atoms with Crippen LogP contribution >= 0.6 is 59.4 Å².